The van der Waals surface area contributed by atoms with E-state index >= 15 is 0 Å². The topological polar surface area (TPSA) is 64.9 Å². The Balaban J connectivity index is 2.01. The van der Waals surface area contributed by atoms with E-state index in [9.17, 15) is 10.1 Å². The molecule has 2 heterocycles. The molecule has 1 aromatic heterocycles. The Kier molecular flexibility index (Phi) is 4.52. The van der Waals surface area contributed by atoms with Crippen LogP contribution in [0.2, 0.25) is 0 Å². The maximum Gasteiger partial charge on any atom is 0.256 e. The molecule has 0 bridgehead atoms. The van der Waals surface area contributed by atoms with Crippen molar-refractivity contribution in [3.05, 3.63) is 50.3 Å². The predicted molar refractivity (Wildman–Crippen MR) is 105 cm³/mol. The zero-order valence-corrected chi connectivity index (χ0v) is 17.1. The van der Waals surface area contributed by atoms with Crippen molar-refractivity contribution in [2.45, 2.75) is 45.2 Å². The van der Waals surface area contributed by atoms with Crippen molar-refractivity contribution in [3.8, 4) is 6.07 Å². The molecule has 0 radical (unpaired) electrons. The van der Waals surface area contributed by atoms with Gasteiger partial charge < -0.3 is 10.6 Å². The highest BCUT2D eigenvalue weighted by atomic mass is 79.9. The van der Waals surface area contributed by atoms with Crippen molar-refractivity contribution < 1.29 is 4.79 Å². The van der Waals surface area contributed by atoms with Crippen LogP contribution in [-0.4, -0.2) is 11.4 Å². The molecule has 0 aliphatic carbocycles. The van der Waals surface area contributed by atoms with Crippen LogP contribution in [-0.2, 0) is 12.0 Å². The van der Waals surface area contributed by atoms with Crippen LogP contribution in [0.3, 0.4) is 0 Å². The average Bonchev–Trinajstić information content (AvgIpc) is 2.83. The predicted octanol–water partition coefficient (Wildman–Crippen LogP) is 4.79. The lowest BCUT2D eigenvalue weighted by molar-refractivity contribution is 0.102. The molecular formula is C19H20BrN3OS. The SMILES string of the molecule is CC1(C)Cc2c(sc(NC(=O)c3cccc(Br)c3)c2C#N)C(C)(C)N1. The number of carbonyl (C=O) groups excluding carboxylic acids is 1. The van der Waals surface area contributed by atoms with Gasteiger partial charge in [0.25, 0.3) is 5.91 Å². The van der Waals surface area contributed by atoms with Gasteiger partial charge in [0.15, 0.2) is 0 Å². The van der Waals surface area contributed by atoms with Gasteiger partial charge in [-0.15, -0.1) is 11.3 Å². The molecule has 1 aliphatic rings. The molecule has 130 valence electrons. The van der Waals surface area contributed by atoms with Crippen LogP contribution in [0.5, 0.6) is 0 Å². The summed E-state index contributed by atoms with van der Waals surface area (Å²) in [5, 5.41) is 16.9. The first kappa shape index (κ1) is 18.1. The van der Waals surface area contributed by atoms with Crippen molar-refractivity contribution in [1.82, 2.24) is 5.32 Å². The molecule has 2 N–H and O–H groups in total. The third-order valence-electron chi connectivity index (χ3n) is 4.27. The molecule has 2 aromatic rings. The molecule has 0 saturated carbocycles. The van der Waals surface area contributed by atoms with Gasteiger partial charge in [0.2, 0.25) is 0 Å². The summed E-state index contributed by atoms with van der Waals surface area (Å²) in [5.41, 5.74) is 1.85. The van der Waals surface area contributed by atoms with E-state index in [0.717, 1.165) is 21.3 Å². The maximum atomic E-state index is 12.6. The second kappa shape index (κ2) is 6.24. The van der Waals surface area contributed by atoms with Crippen molar-refractivity contribution in [2.75, 3.05) is 5.32 Å². The number of fused-ring (bicyclic) bond motifs is 1. The highest BCUT2D eigenvalue weighted by molar-refractivity contribution is 9.10. The van der Waals surface area contributed by atoms with Gasteiger partial charge in [-0.25, -0.2) is 0 Å². The summed E-state index contributed by atoms with van der Waals surface area (Å²) in [7, 11) is 0. The van der Waals surface area contributed by atoms with Crippen LogP contribution in [0.1, 0.15) is 54.1 Å². The Morgan fingerprint density at radius 3 is 2.72 bits per heavy atom. The summed E-state index contributed by atoms with van der Waals surface area (Å²) in [4.78, 5) is 13.7. The van der Waals surface area contributed by atoms with Crippen LogP contribution < -0.4 is 10.6 Å². The zero-order chi connectivity index (χ0) is 18.4. The molecule has 1 aliphatic heterocycles. The van der Waals surface area contributed by atoms with E-state index in [-0.39, 0.29) is 17.0 Å². The number of benzene rings is 1. The Hall–Kier alpha value is -1.68. The van der Waals surface area contributed by atoms with Crippen molar-refractivity contribution >= 4 is 38.2 Å². The van der Waals surface area contributed by atoms with Gasteiger partial charge in [-0.1, -0.05) is 22.0 Å². The number of carbonyl (C=O) groups is 1. The Bertz CT molecular complexity index is 893. The second-order valence-corrected chi connectivity index (χ2v) is 9.44. The number of nitrogens with one attached hydrogen (secondary N) is 2. The minimum Gasteiger partial charge on any atom is -0.312 e. The van der Waals surface area contributed by atoms with Crippen molar-refractivity contribution in [1.29, 1.82) is 5.26 Å². The van der Waals surface area contributed by atoms with Crippen LogP contribution in [0.25, 0.3) is 0 Å². The summed E-state index contributed by atoms with van der Waals surface area (Å²) >= 11 is 4.87. The number of hydrogen-bond donors (Lipinski definition) is 2. The van der Waals surface area contributed by atoms with Crippen LogP contribution >= 0.6 is 27.3 Å². The smallest absolute Gasteiger partial charge is 0.256 e. The molecule has 0 atom stereocenters. The number of anilines is 1. The molecular weight excluding hydrogens is 398 g/mol. The van der Waals surface area contributed by atoms with Crippen LogP contribution in [0, 0.1) is 11.3 Å². The van der Waals surface area contributed by atoms with Gasteiger partial charge in [0.05, 0.1) is 5.56 Å². The molecule has 6 heteroatoms. The number of amides is 1. The van der Waals surface area contributed by atoms with E-state index in [0.29, 0.717) is 16.1 Å². The molecule has 4 nitrogen and oxygen atoms in total. The summed E-state index contributed by atoms with van der Waals surface area (Å²) in [6, 6.07) is 9.52. The normalized spacial score (nSPS) is 17.4. The van der Waals surface area contributed by atoms with E-state index in [1.807, 2.05) is 12.1 Å². The lowest BCUT2D eigenvalue weighted by Crippen LogP contribution is -2.54. The maximum absolute atomic E-state index is 12.6. The van der Waals surface area contributed by atoms with E-state index in [4.69, 9.17) is 0 Å². The van der Waals surface area contributed by atoms with Gasteiger partial charge >= 0.3 is 0 Å². The van der Waals surface area contributed by atoms with E-state index in [2.05, 4.69) is 60.3 Å². The third kappa shape index (κ3) is 3.50. The van der Waals surface area contributed by atoms with Crippen molar-refractivity contribution in [3.63, 3.8) is 0 Å². The Morgan fingerprint density at radius 1 is 1.36 bits per heavy atom. The Morgan fingerprint density at radius 2 is 2.08 bits per heavy atom. The fourth-order valence-electron chi connectivity index (χ4n) is 3.54. The lowest BCUT2D eigenvalue weighted by atomic mass is 9.81. The third-order valence-corrected chi connectivity index (χ3v) is 6.23. The first-order valence-electron chi connectivity index (χ1n) is 8.05. The number of rotatable bonds is 2. The minimum atomic E-state index is -0.244. The van der Waals surface area contributed by atoms with E-state index < -0.39 is 0 Å². The van der Waals surface area contributed by atoms with E-state index in [1.165, 1.54) is 11.3 Å². The fourth-order valence-corrected chi connectivity index (χ4v) is 5.16. The zero-order valence-electron chi connectivity index (χ0n) is 14.7. The summed E-state index contributed by atoms with van der Waals surface area (Å²) in [6.45, 7) is 8.50. The van der Waals surface area contributed by atoms with Crippen molar-refractivity contribution in [2.24, 2.45) is 0 Å². The fraction of sp³-hybridized carbons (Fsp3) is 0.368. The summed E-state index contributed by atoms with van der Waals surface area (Å²) < 4.78 is 0.846. The summed E-state index contributed by atoms with van der Waals surface area (Å²) in [6.07, 6.45) is 0.762. The number of nitriles is 1. The molecule has 0 saturated heterocycles. The molecule has 0 spiro atoms. The van der Waals surface area contributed by atoms with Gasteiger partial charge in [-0.2, -0.15) is 5.26 Å². The lowest BCUT2D eigenvalue weighted by Gasteiger charge is -2.42. The molecule has 0 unspecified atom stereocenters. The highest BCUT2D eigenvalue weighted by Crippen LogP contribution is 2.44. The average molecular weight is 418 g/mol. The largest absolute Gasteiger partial charge is 0.312 e. The molecule has 0 fully saturated rings. The van der Waals surface area contributed by atoms with Gasteiger partial charge in [0, 0.05) is 26.0 Å². The van der Waals surface area contributed by atoms with E-state index in [1.54, 1.807) is 12.1 Å². The quantitative estimate of drug-likeness (QED) is 0.737. The van der Waals surface area contributed by atoms with Crippen LogP contribution in [0.15, 0.2) is 28.7 Å². The number of hydrogen-bond acceptors (Lipinski definition) is 4. The monoisotopic (exact) mass is 417 g/mol. The summed E-state index contributed by atoms with van der Waals surface area (Å²) in [5.74, 6) is -0.207. The minimum absolute atomic E-state index is 0.102. The van der Waals surface area contributed by atoms with Gasteiger partial charge in [0.1, 0.15) is 11.1 Å². The first-order chi connectivity index (χ1) is 11.6. The standard InChI is InChI=1S/C19H20BrN3OS/c1-18(2)9-13-14(10-21)17(25-15(13)19(3,4)23-18)22-16(24)11-6-5-7-12(20)8-11/h5-8,23H,9H2,1-4H3,(H,22,24). The second-order valence-electron chi connectivity index (χ2n) is 7.50. The number of nitrogens with zero attached hydrogens (tertiary/aromatic N) is 1. The van der Waals surface area contributed by atoms with Crippen LogP contribution in [0.4, 0.5) is 5.00 Å². The molecule has 3 rings (SSSR count). The number of halogens is 1. The molecule has 1 aromatic carbocycles. The molecule has 1 amide bonds. The van der Waals surface area contributed by atoms with Gasteiger partial charge in [-0.3, -0.25) is 4.79 Å². The molecule has 25 heavy (non-hydrogen) atoms. The highest BCUT2D eigenvalue weighted by Gasteiger charge is 2.40. The number of thiophene rings is 1. The Labute approximate surface area is 160 Å². The first-order valence-corrected chi connectivity index (χ1v) is 9.66. The van der Waals surface area contributed by atoms with Gasteiger partial charge in [-0.05, 0) is 57.9 Å².